The number of aryl methyl sites for hydroxylation is 1. The highest BCUT2D eigenvalue weighted by atomic mass is 19.3. The van der Waals surface area contributed by atoms with Gasteiger partial charge in [0, 0.05) is 44.3 Å². The summed E-state index contributed by atoms with van der Waals surface area (Å²) in [4.78, 5) is 25.1. The minimum atomic E-state index is -3.04. The largest absolute Gasteiger partial charge is 0.372 e. The molecule has 1 aliphatic rings. The Labute approximate surface area is 231 Å². The maximum atomic E-state index is 13.4. The fraction of sp³-hybridized carbons (Fsp3) is 0.286. The van der Waals surface area contributed by atoms with Crippen molar-refractivity contribution in [3.63, 3.8) is 0 Å². The quantitative estimate of drug-likeness (QED) is 0.350. The molecule has 2 N–H and O–H groups in total. The Morgan fingerprint density at radius 2 is 2.05 bits per heavy atom. The molecule has 10 nitrogen and oxygen atoms in total. The number of carbonyl (C=O) groups excluding carboxylic acids is 1. The number of hydrogen-bond donors (Lipinski definition) is 2. The number of rotatable bonds is 11. The second-order valence-electron chi connectivity index (χ2n) is 9.43. The van der Waals surface area contributed by atoms with E-state index < -0.39 is 18.6 Å². The van der Waals surface area contributed by atoms with Crippen LogP contribution in [-0.2, 0) is 16.6 Å². The lowest BCUT2D eigenvalue weighted by atomic mass is 10.1. The molecule has 0 bridgehead atoms. The first-order valence-electron chi connectivity index (χ1n) is 12.5. The molecule has 2 aromatic heterocycles. The average Bonchev–Trinajstić information content (AvgIpc) is 3.22. The summed E-state index contributed by atoms with van der Waals surface area (Å²) in [7, 11) is 7.61. The Morgan fingerprint density at radius 3 is 2.77 bits per heavy atom. The Bertz CT molecular complexity index is 1480. The molecule has 2 heterocycles. The summed E-state index contributed by atoms with van der Waals surface area (Å²) in [6.45, 7) is 1.82. The van der Waals surface area contributed by atoms with Crippen molar-refractivity contribution in [2.45, 2.75) is 12.7 Å². The van der Waals surface area contributed by atoms with E-state index in [4.69, 9.17) is 4.74 Å². The molecular formula is C28H32F2N8O2. The van der Waals surface area contributed by atoms with Crippen molar-refractivity contribution in [3.05, 3.63) is 84.6 Å². The second-order valence-corrected chi connectivity index (χ2v) is 9.43. The van der Waals surface area contributed by atoms with Gasteiger partial charge in [-0.1, -0.05) is 12.6 Å². The van der Waals surface area contributed by atoms with Gasteiger partial charge in [-0.3, -0.25) is 9.48 Å². The number of fused-ring (bicyclic) bond motifs is 1. The van der Waals surface area contributed by atoms with Crippen LogP contribution in [0.25, 0.3) is 22.2 Å². The molecule has 0 saturated heterocycles. The number of carbonyl (C=O) groups is 1. The van der Waals surface area contributed by atoms with Crippen molar-refractivity contribution in [2.24, 2.45) is 7.05 Å². The number of likely N-dealkylation sites (N-methyl/N-ethyl adjacent to an activating group) is 2. The number of allylic oxidation sites excluding steroid dienone is 2. The zero-order valence-corrected chi connectivity index (χ0v) is 22.8. The van der Waals surface area contributed by atoms with Gasteiger partial charge < -0.3 is 25.2 Å². The molecule has 1 unspecified atom stereocenters. The molecule has 1 aliphatic carbocycles. The third-order valence-electron chi connectivity index (χ3n) is 6.25. The molecule has 4 rings (SSSR count). The molecule has 1 amide bonds. The molecule has 0 fully saturated rings. The number of alkyl halides is 2. The molecule has 210 valence electrons. The van der Waals surface area contributed by atoms with Crippen LogP contribution in [0.4, 0.5) is 14.7 Å². The Hall–Kier alpha value is -4.42. The Morgan fingerprint density at radius 1 is 1.25 bits per heavy atom. The van der Waals surface area contributed by atoms with E-state index >= 15 is 0 Å². The van der Waals surface area contributed by atoms with Crippen molar-refractivity contribution in [3.8, 4) is 11.3 Å². The van der Waals surface area contributed by atoms with Gasteiger partial charge in [0.25, 0.3) is 0 Å². The molecule has 3 aromatic rings. The molecule has 1 aromatic carbocycles. The van der Waals surface area contributed by atoms with Crippen molar-refractivity contribution in [1.82, 2.24) is 34.9 Å². The maximum absolute atomic E-state index is 13.4. The lowest BCUT2D eigenvalue weighted by Gasteiger charge is -2.24. The maximum Gasteiger partial charge on any atom is 0.346 e. The predicted molar refractivity (Wildman–Crippen MR) is 150 cm³/mol. The van der Waals surface area contributed by atoms with Crippen molar-refractivity contribution in [1.29, 1.82) is 0 Å². The number of halogens is 2. The average molecular weight is 551 g/mol. The van der Waals surface area contributed by atoms with Gasteiger partial charge in [-0.15, -0.1) is 0 Å². The van der Waals surface area contributed by atoms with Crippen LogP contribution in [-0.4, -0.2) is 82.4 Å². The first-order chi connectivity index (χ1) is 19.1. The van der Waals surface area contributed by atoms with E-state index in [0.717, 1.165) is 29.1 Å². The van der Waals surface area contributed by atoms with E-state index in [9.17, 15) is 13.6 Å². The van der Waals surface area contributed by atoms with Crippen molar-refractivity contribution < 1.29 is 18.3 Å². The first kappa shape index (κ1) is 28.6. The zero-order valence-electron chi connectivity index (χ0n) is 22.8. The van der Waals surface area contributed by atoms with Gasteiger partial charge >= 0.3 is 6.61 Å². The number of ether oxygens (including phenoxy) is 1. The van der Waals surface area contributed by atoms with Crippen LogP contribution in [0.3, 0.4) is 0 Å². The van der Waals surface area contributed by atoms with Gasteiger partial charge in [-0.05, 0) is 56.6 Å². The summed E-state index contributed by atoms with van der Waals surface area (Å²) in [6, 6.07) is 7.59. The molecule has 40 heavy (non-hydrogen) atoms. The van der Waals surface area contributed by atoms with Crippen LogP contribution in [0.2, 0.25) is 0 Å². The van der Waals surface area contributed by atoms with Gasteiger partial charge in [-0.25, -0.2) is 9.97 Å². The minimum absolute atomic E-state index is 0.171. The van der Waals surface area contributed by atoms with Gasteiger partial charge in [0.2, 0.25) is 11.9 Å². The van der Waals surface area contributed by atoms with Crippen molar-refractivity contribution >= 4 is 22.8 Å². The molecular weight excluding hydrogens is 518 g/mol. The lowest BCUT2D eigenvalue weighted by Crippen LogP contribution is -2.31. The number of hydrogen-bond acceptors (Lipinski definition) is 8. The highest BCUT2D eigenvalue weighted by molar-refractivity contribution is 5.89. The summed E-state index contributed by atoms with van der Waals surface area (Å²) >= 11 is 0. The predicted octanol–water partition coefficient (Wildman–Crippen LogP) is 3.51. The molecule has 0 aliphatic heterocycles. The minimum Gasteiger partial charge on any atom is -0.372 e. The van der Waals surface area contributed by atoms with Crippen LogP contribution in [0.5, 0.6) is 0 Å². The highest BCUT2D eigenvalue weighted by Gasteiger charge is 2.24. The van der Waals surface area contributed by atoms with Crippen molar-refractivity contribution in [2.75, 3.05) is 39.5 Å². The van der Waals surface area contributed by atoms with Crippen LogP contribution in [0.15, 0.2) is 84.6 Å². The summed E-state index contributed by atoms with van der Waals surface area (Å²) in [5, 5.41) is 11.0. The number of aromatic nitrogens is 4. The third-order valence-corrected chi connectivity index (χ3v) is 6.25. The second kappa shape index (κ2) is 12.6. The number of nitrogens with zero attached hydrogens (tertiary/aromatic N) is 6. The van der Waals surface area contributed by atoms with E-state index in [1.54, 1.807) is 35.3 Å². The van der Waals surface area contributed by atoms with Crippen LogP contribution in [0.1, 0.15) is 0 Å². The zero-order chi connectivity index (χ0) is 28.8. The van der Waals surface area contributed by atoms with Gasteiger partial charge in [0.15, 0.2) is 0 Å². The standard InChI is InChI=1S/C28H32F2N8O2/c1-6-26(39)33-21-16-22(25(40-27(29)30)10-9-24(21)37(4)14-13-36(2)3)35-28-31-12-11-20(34-28)18-7-8-23-19(15-18)17-32-38(23)5/h6-12,15-17,25,27H,1,13-14H2,2-5H3,(H,33,39)(H,31,34,35). The van der Waals surface area contributed by atoms with Gasteiger partial charge in [0.05, 0.1) is 34.5 Å². The van der Waals surface area contributed by atoms with E-state index in [-0.39, 0.29) is 11.6 Å². The molecule has 1 atom stereocenters. The smallest absolute Gasteiger partial charge is 0.346 e. The fourth-order valence-electron chi connectivity index (χ4n) is 4.14. The molecule has 0 saturated carbocycles. The normalized spacial score (nSPS) is 15.4. The van der Waals surface area contributed by atoms with Crippen LogP contribution >= 0.6 is 0 Å². The Balaban J connectivity index is 1.71. The number of benzene rings is 1. The molecule has 12 heteroatoms. The van der Waals surface area contributed by atoms with E-state index in [1.807, 2.05) is 56.2 Å². The van der Waals surface area contributed by atoms with E-state index in [0.29, 0.717) is 23.6 Å². The van der Waals surface area contributed by atoms with Gasteiger partial charge in [0.1, 0.15) is 6.10 Å². The number of amides is 1. The molecule has 0 spiro atoms. The summed E-state index contributed by atoms with van der Waals surface area (Å²) in [5.41, 5.74) is 3.64. The topological polar surface area (TPSA) is 100 Å². The highest BCUT2D eigenvalue weighted by Crippen LogP contribution is 2.26. The summed E-state index contributed by atoms with van der Waals surface area (Å²) < 4.78 is 33.6. The summed E-state index contributed by atoms with van der Waals surface area (Å²) in [6.07, 6.45) is 8.01. The van der Waals surface area contributed by atoms with Crippen LogP contribution in [0, 0.1) is 0 Å². The lowest BCUT2D eigenvalue weighted by molar-refractivity contribution is -0.140. The number of nitrogens with one attached hydrogen (secondary N) is 2. The van der Waals surface area contributed by atoms with Gasteiger partial charge in [-0.2, -0.15) is 13.9 Å². The monoisotopic (exact) mass is 550 g/mol. The first-order valence-corrected chi connectivity index (χ1v) is 12.5. The number of anilines is 1. The SMILES string of the molecule is C=CC(=O)NC1=C(N(C)CCN(C)C)C=CC(OC(F)F)C(Nc2nccc(-c3ccc4c(cnn4C)c3)n2)=C1. The fourth-order valence-corrected chi connectivity index (χ4v) is 4.14. The van der Waals surface area contributed by atoms with Crippen LogP contribution < -0.4 is 10.6 Å². The Kier molecular flexibility index (Phi) is 9.02. The summed E-state index contributed by atoms with van der Waals surface area (Å²) in [5.74, 6) is -0.278. The third kappa shape index (κ3) is 6.96. The molecule has 0 radical (unpaired) electrons. The van der Waals surface area contributed by atoms with E-state index in [1.165, 1.54) is 6.08 Å². The van der Waals surface area contributed by atoms with E-state index in [2.05, 4.69) is 32.3 Å².